The van der Waals surface area contributed by atoms with E-state index in [1.807, 2.05) is 26.1 Å². The fourth-order valence-corrected chi connectivity index (χ4v) is 3.02. The van der Waals surface area contributed by atoms with Gasteiger partial charge in [-0.15, -0.1) is 0 Å². The third-order valence-electron chi connectivity index (χ3n) is 4.70. The Labute approximate surface area is 130 Å². The van der Waals surface area contributed by atoms with Gasteiger partial charge in [0.05, 0.1) is 0 Å². The SMILES string of the molecule is CC1=NC=C(C(C)C2=C(C)C(C)C(C(F)(F)F)=CC=C2)CC1. The summed E-state index contributed by atoms with van der Waals surface area (Å²) in [5, 5.41) is 0. The summed E-state index contributed by atoms with van der Waals surface area (Å²) >= 11 is 0. The van der Waals surface area contributed by atoms with Crippen LogP contribution in [0.15, 0.2) is 51.7 Å². The van der Waals surface area contributed by atoms with E-state index in [2.05, 4.69) is 11.9 Å². The molecule has 22 heavy (non-hydrogen) atoms. The van der Waals surface area contributed by atoms with Crippen molar-refractivity contribution in [2.75, 3.05) is 0 Å². The maximum absolute atomic E-state index is 13.1. The lowest BCUT2D eigenvalue weighted by Crippen LogP contribution is -2.20. The lowest BCUT2D eigenvalue weighted by molar-refractivity contribution is -0.0969. The quantitative estimate of drug-likeness (QED) is 0.614. The van der Waals surface area contributed by atoms with Crippen molar-refractivity contribution >= 4 is 5.71 Å². The van der Waals surface area contributed by atoms with Crippen molar-refractivity contribution < 1.29 is 13.2 Å². The summed E-state index contributed by atoms with van der Waals surface area (Å²) in [6.07, 6.45) is 4.00. The molecular weight excluding hydrogens is 287 g/mol. The fraction of sp³-hybridized carbons (Fsp3) is 0.500. The van der Waals surface area contributed by atoms with Gasteiger partial charge in [-0.25, -0.2) is 0 Å². The Bertz CT molecular complexity index is 600. The van der Waals surface area contributed by atoms with Crippen molar-refractivity contribution in [3.05, 3.63) is 46.7 Å². The van der Waals surface area contributed by atoms with E-state index in [0.29, 0.717) is 0 Å². The Morgan fingerprint density at radius 2 is 1.91 bits per heavy atom. The number of allylic oxidation sites excluding steroid dienone is 7. The van der Waals surface area contributed by atoms with E-state index in [1.54, 1.807) is 6.92 Å². The highest BCUT2D eigenvalue weighted by atomic mass is 19.4. The van der Waals surface area contributed by atoms with E-state index in [0.717, 1.165) is 29.7 Å². The van der Waals surface area contributed by atoms with Crippen LogP contribution in [0, 0.1) is 11.8 Å². The predicted octanol–water partition coefficient (Wildman–Crippen LogP) is 5.77. The van der Waals surface area contributed by atoms with Crippen molar-refractivity contribution in [3.63, 3.8) is 0 Å². The molecule has 0 spiro atoms. The number of nitrogens with zero attached hydrogens (tertiary/aromatic N) is 1. The lowest BCUT2D eigenvalue weighted by Gasteiger charge is -2.25. The number of hydrogen-bond donors (Lipinski definition) is 0. The molecule has 4 heteroatoms. The number of alkyl halides is 3. The molecule has 0 amide bonds. The van der Waals surface area contributed by atoms with E-state index < -0.39 is 17.7 Å². The largest absolute Gasteiger partial charge is 0.413 e. The van der Waals surface area contributed by atoms with Crippen molar-refractivity contribution in [1.29, 1.82) is 0 Å². The Hall–Kier alpha value is -1.58. The molecular formula is C18H22F3N. The summed E-state index contributed by atoms with van der Waals surface area (Å²) in [4.78, 5) is 4.36. The fourth-order valence-electron chi connectivity index (χ4n) is 3.02. The molecule has 2 aliphatic rings. The summed E-state index contributed by atoms with van der Waals surface area (Å²) in [5.41, 5.74) is 3.58. The minimum Gasteiger partial charge on any atom is -0.266 e. The Morgan fingerprint density at radius 1 is 1.23 bits per heavy atom. The molecule has 0 saturated carbocycles. The first kappa shape index (κ1) is 16.8. The maximum atomic E-state index is 13.1. The van der Waals surface area contributed by atoms with E-state index >= 15 is 0 Å². The predicted molar refractivity (Wildman–Crippen MR) is 84.7 cm³/mol. The molecule has 120 valence electrons. The molecule has 1 nitrogen and oxygen atoms in total. The summed E-state index contributed by atoms with van der Waals surface area (Å²) in [7, 11) is 0. The summed E-state index contributed by atoms with van der Waals surface area (Å²) in [6, 6.07) is 0. The molecule has 0 saturated heterocycles. The van der Waals surface area contributed by atoms with Gasteiger partial charge in [0.2, 0.25) is 0 Å². The summed E-state index contributed by atoms with van der Waals surface area (Å²) in [6.45, 7) is 7.49. The normalized spacial score (nSPS) is 24.5. The van der Waals surface area contributed by atoms with Gasteiger partial charge in [0.15, 0.2) is 0 Å². The highest BCUT2D eigenvalue weighted by Crippen LogP contribution is 2.40. The van der Waals surface area contributed by atoms with Crippen LogP contribution in [0.4, 0.5) is 13.2 Å². The number of rotatable bonds is 2. The van der Waals surface area contributed by atoms with Gasteiger partial charge >= 0.3 is 6.18 Å². The van der Waals surface area contributed by atoms with Crippen molar-refractivity contribution in [1.82, 2.24) is 0 Å². The van der Waals surface area contributed by atoms with Crippen LogP contribution in [-0.4, -0.2) is 11.9 Å². The van der Waals surface area contributed by atoms with Gasteiger partial charge in [0, 0.05) is 29.3 Å². The van der Waals surface area contributed by atoms with Crippen molar-refractivity contribution in [2.24, 2.45) is 16.8 Å². The zero-order valence-electron chi connectivity index (χ0n) is 13.5. The van der Waals surface area contributed by atoms with Crippen LogP contribution >= 0.6 is 0 Å². The first-order valence-corrected chi connectivity index (χ1v) is 7.60. The standard InChI is InChI=1S/C18H22F3N/c1-11-8-9-15(10-22-11)14(4)16-6-5-7-17(18(19,20)21)13(3)12(16)2/h5-7,10,13-14H,8-9H2,1-4H3. The van der Waals surface area contributed by atoms with E-state index in [9.17, 15) is 13.2 Å². The third kappa shape index (κ3) is 3.42. The van der Waals surface area contributed by atoms with Crippen molar-refractivity contribution in [2.45, 2.75) is 46.7 Å². The van der Waals surface area contributed by atoms with Gasteiger partial charge in [-0.1, -0.05) is 37.6 Å². The number of halogens is 3. The summed E-state index contributed by atoms with van der Waals surface area (Å²) in [5.74, 6) is -0.529. The average Bonchev–Trinajstić information content (AvgIpc) is 2.59. The highest BCUT2D eigenvalue weighted by molar-refractivity contribution is 5.83. The van der Waals surface area contributed by atoms with Gasteiger partial charge in [0.25, 0.3) is 0 Å². The van der Waals surface area contributed by atoms with Crippen LogP contribution in [0.1, 0.15) is 40.5 Å². The lowest BCUT2D eigenvalue weighted by atomic mass is 9.82. The second-order valence-electron chi connectivity index (χ2n) is 6.13. The average molecular weight is 309 g/mol. The number of hydrogen-bond acceptors (Lipinski definition) is 1. The summed E-state index contributed by atoms with van der Waals surface area (Å²) < 4.78 is 39.4. The molecule has 0 aromatic carbocycles. The molecule has 0 N–H and O–H groups in total. The van der Waals surface area contributed by atoms with Gasteiger partial charge in [-0.05, 0) is 37.8 Å². The Kier molecular flexibility index (Phi) is 4.78. The molecule has 0 radical (unpaired) electrons. The van der Waals surface area contributed by atoms with Crippen molar-refractivity contribution in [3.8, 4) is 0 Å². The monoisotopic (exact) mass is 309 g/mol. The molecule has 1 aliphatic carbocycles. The van der Waals surface area contributed by atoms with Gasteiger partial charge < -0.3 is 0 Å². The smallest absolute Gasteiger partial charge is 0.266 e. The van der Waals surface area contributed by atoms with Crippen LogP contribution in [-0.2, 0) is 0 Å². The maximum Gasteiger partial charge on any atom is 0.413 e. The van der Waals surface area contributed by atoms with Crippen LogP contribution in [0.2, 0.25) is 0 Å². The zero-order valence-corrected chi connectivity index (χ0v) is 13.5. The Morgan fingerprint density at radius 3 is 2.45 bits per heavy atom. The van der Waals surface area contributed by atoms with Crippen LogP contribution in [0.25, 0.3) is 0 Å². The van der Waals surface area contributed by atoms with E-state index in [1.165, 1.54) is 17.7 Å². The molecule has 0 fully saturated rings. The molecule has 2 atom stereocenters. The molecule has 0 aromatic heterocycles. The third-order valence-corrected chi connectivity index (χ3v) is 4.70. The highest BCUT2D eigenvalue weighted by Gasteiger charge is 2.38. The van der Waals surface area contributed by atoms with Crippen LogP contribution in [0.5, 0.6) is 0 Å². The van der Waals surface area contributed by atoms with Gasteiger partial charge in [-0.2, -0.15) is 13.2 Å². The molecule has 1 heterocycles. The van der Waals surface area contributed by atoms with Gasteiger partial charge in [-0.3, -0.25) is 4.99 Å². The first-order chi connectivity index (χ1) is 10.2. The molecule has 2 unspecified atom stereocenters. The van der Waals surface area contributed by atoms with E-state index in [-0.39, 0.29) is 5.92 Å². The minimum absolute atomic E-state index is 0.0940. The second-order valence-corrected chi connectivity index (χ2v) is 6.13. The molecule has 0 bridgehead atoms. The van der Waals surface area contributed by atoms with Gasteiger partial charge in [0.1, 0.15) is 0 Å². The van der Waals surface area contributed by atoms with Crippen LogP contribution < -0.4 is 0 Å². The minimum atomic E-state index is -4.28. The zero-order chi connectivity index (χ0) is 16.5. The second kappa shape index (κ2) is 6.27. The topological polar surface area (TPSA) is 12.4 Å². The molecule has 2 rings (SSSR count). The Balaban J connectivity index is 2.34. The molecule has 1 aliphatic heterocycles. The molecule has 0 aromatic rings. The van der Waals surface area contributed by atoms with Crippen LogP contribution in [0.3, 0.4) is 0 Å². The number of aliphatic imine (C=N–C) groups is 1. The van der Waals surface area contributed by atoms with E-state index in [4.69, 9.17) is 0 Å². The first-order valence-electron chi connectivity index (χ1n) is 7.60.